The second-order valence-corrected chi connectivity index (χ2v) is 3.93. The van der Waals surface area contributed by atoms with Crippen LogP contribution in [0.1, 0.15) is 21.7 Å². The highest BCUT2D eigenvalue weighted by atomic mass is 19.1. The van der Waals surface area contributed by atoms with Crippen LogP contribution in [0.5, 0.6) is 5.75 Å². The number of nitrogens with two attached hydrogens (primary N) is 1. The highest BCUT2D eigenvalue weighted by Gasteiger charge is 2.14. The number of carbonyl (C=O) groups is 1. The van der Waals surface area contributed by atoms with Crippen molar-refractivity contribution in [3.05, 3.63) is 53.2 Å². The predicted molar refractivity (Wildman–Crippen MR) is 65.8 cm³/mol. The zero-order valence-corrected chi connectivity index (χ0v) is 10.3. The third-order valence-electron chi connectivity index (χ3n) is 2.63. The minimum absolute atomic E-state index is 0.0122. The molecule has 0 saturated heterocycles. The molecule has 0 radical (unpaired) electrons. The highest BCUT2D eigenvalue weighted by molar-refractivity contribution is 5.94. The van der Waals surface area contributed by atoms with Crippen molar-refractivity contribution in [1.82, 2.24) is 5.43 Å². The van der Waals surface area contributed by atoms with Crippen LogP contribution >= 0.6 is 0 Å². The van der Waals surface area contributed by atoms with Gasteiger partial charge in [0, 0.05) is 6.07 Å². The molecule has 0 aliphatic carbocycles. The van der Waals surface area contributed by atoms with Crippen molar-refractivity contribution in [1.29, 1.82) is 0 Å². The van der Waals surface area contributed by atoms with E-state index >= 15 is 0 Å². The summed E-state index contributed by atoms with van der Waals surface area (Å²) in [4.78, 5) is 11.4. The SMILES string of the molecule is Cc1ccc(OCc2occc2C(=O)NN)cc1F. The lowest BCUT2D eigenvalue weighted by Crippen LogP contribution is -2.30. The third-order valence-corrected chi connectivity index (χ3v) is 2.63. The smallest absolute Gasteiger partial charge is 0.268 e. The normalized spacial score (nSPS) is 10.3. The monoisotopic (exact) mass is 264 g/mol. The summed E-state index contributed by atoms with van der Waals surface area (Å²) in [6.07, 6.45) is 1.36. The molecule has 2 aromatic rings. The quantitative estimate of drug-likeness (QED) is 0.502. The van der Waals surface area contributed by atoms with Crippen LogP contribution in [0.2, 0.25) is 0 Å². The lowest BCUT2D eigenvalue weighted by Gasteiger charge is -2.06. The van der Waals surface area contributed by atoms with Gasteiger partial charge in [0.2, 0.25) is 0 Å². The number of furan rings is 1. The van der Waals surface area contributed by atoms with Gasteiger partial charge in [-0.3, -0.25) is 10.2 Å². The average molecular weight is 264 g/mol. The fourth-order valence-corrected chi connectivity index (χ4v) is 1.54. The van der Waals surface area contributed by atoms with Crippen LogP contribution in [0.25, 0.3) is 0 Å². The number of rotatable bonds is 4. The molecule has 1 heterocycles. The molecule has 0 atom stereocenters. The Morgan fingerprint density at radius 1 is 1.47 bits per heavy atom. The highest BCUT2D eigenvalue weighted by Crippen LogP contribution is 2.18. The summed E-state index contributed by atoms with van der Waals surface area (Å²) in [5.41, 5.74) is 2.83. The molecule has 19 heavy (non-hydrogen) atoms. The van der Waals surface area contributed by atoms with E-state index in [4.69, 9.17) is 15.0 Å². The second kappa shape index (κ2) is 5.53. The molecule has 2 rings (SSSR count). The minimum atomic E-state index is -0.470. The summed E-state index contributed by atoms with van der Waals surface area (Å²) in [6, 6.07) is 6.02. The molecule has 0 bridgehead atoms. The molecule has 0 aliphatic rings. The minimum Gasteiger partial charge on any atom is -0.486 e. The van der Waals surface area contributed by atoms with Crippen molar-refractivity contribution in [3.8, 4) is 5.75 Å². The zero-order valence-electron chi connectivity index (χ0n) is 10.3. The molecule has 3 N–H and O–H groups in total. The van der Waals surface area contributed by atoms with Gasteiger partial charge in [-0.05, 0) is 24.6 Å². The molecule has 0 spiro atoms. The number of carbonyl (C=O) groups excluding carboxylic acids is 1. The maximum absolute atomic E-state index is 13.3. The van der Waals surface area contributed by atoms with Gasteiger partial charge in [-0.2, -0.15) is 0 Å². The van der Waals surface area contributed by atoms with Crippen molar-refractivity contribution >= 4 is 5.91 Å². The third kappa shape index (κ3) is 2.92. The first-order valence-corrected chi connectivity index (χ1v) is 5.58. The van der Waals surface area contributed by atoms with Gasteiger partial charge in [-0.25, -0.2) is 10.2 Å². The summed E-state index contributed by atoms with van der Waals surface area (Å²) in [6.45, 7) is 1.67. The molecule has 5 nitrogen and oxygen atoms in total. The Bertz CT molecular complexity index is 595. The van der Waals surface area contributed by atoms with Gasteiger partial charge in [-0.15, -0.1) is 0 Å². The number of aryl methyl sites for hydroxylation is 1. The van der Waals surface area contributed by atoms with Crippen LogP contribution in [-0.4, -0.2) is 5.91 Å². The van der Waals surface area contributed by atoms with Crippen LogP contribution in [0.4, 0.5) is 4.39 Å². The van der Waals surface area contributed by atoms with E-state index in [0.717, 1.165) is 0 Å². The Morgan fingerprint density at radius 3 is 2.95 bits per heavy atom. The number of hydrazine groups is 1. The predicted octanol–water partition coefficient (Wildman–Crippen LogP) is 1.91. The Hall–Kier alpha value is -2.34. The van der Waals surface area contributed by atoms with E-state index in [0.29, 0.717) is 17.1 Å². The van der Waals surface area contributed by atoms with E-state index in [2.05, 4.69) is 0 Å². The van der Waals surface area contributed by atoms with Crippen LogP contribution < -0.4 is 16.0 Å². The molecule has 0 saturated carbocycles. The number of hydrogen-bond donors (Lipinski definition) is 2. The summed E-state index contributed by atoms with van der Waals surface area (Å²) < 4.78 is 23.8. The summed E-state index contributed by atoms with van der Waals surface area (Å²) in [7, 11) is 0. The van der Waals surface area contributed by atoms with E-state index in [1.54, 1.807) is 19.1 Å². The molecule has 6 heteroatoms. The van der Waals surface area contributed by atoms with E-state index in [1.807, 2.05) is 5.43 Å². The Morgan fingerprint density at radius 2 is 2.26 bits per heavy atom. The largest absolute Gasteiger partial charge is 0.486 e. The van der Waals surface area contributed by atoms with Crippen molar-refractivity contribution in [3.63, 3.8) is 0 Å². The molecule has 0 unspecified atom stereocenters. The van der Waals surface area contributed by atoms with Crippen LogP contribution in [0.3, 0.4) is 0 Å². The first-order chi connectivity index (χ1) is 9.11. The van der Waals surface area contributed by atoms with Gasteiger partial charge in [0.1, 0.15) is 18.2 Å². The zero-order chi connectivity index (χ0) is 13.8. The van der Waals surface area contributed by atoms with Gasteiger partial charge in [-0.1, -0.05) is 6.07 Å². The maximum Gasteiger partial charge on any atom is 0.268 e. The first-order valence-electron chi connectivity index (χ1n) is 5.58. The summed E-state index contributed by atoms with van der Waals surface area (Å²) in [5, 5.41) is 0. The van der Waals surface area contributed by atoms with E-state index in [1.165, 1.54) is 18.4 Å². The number of benzene rings is 1. The molecule has 1 aromatic heterocycles. The number of ether oxygens (including phenoxy) is 1. The number of hydrogen-bond acceptors (Lipinski definition) is 4. The average Bonchev–Trinajstić information content (AvgIpc) is 2.87. The molecule has 0 aliphatic heterocycles. The summed E-state index contributed by atoms with van der Waals surface area (Å²) in [5.74, 6) is 4.91. The van der Waals surface area contributed by atoms with Gasteiger partial charge < -0.3 is 9.15 Å². The topological polar surface area (TPSA) is 77.5 Å². The molecule has 1 aromatic carbocycles. The van der Waals surface area contributed by atoms with Gasteiger partial charge >= 0.3 is 0 Å². The van der Waals surface area contributed by atoms with Crippen LogP contribution in [0, 0.1) is 12.7 Å². The van der Waals surface area contributed by atoms with E-state index in [9.17, 15) is 9.18 Å². The lowest BCUT2D eigenvalue weighted by atomic mass is 10.2. The molecule has 1 amide bonds. The van der Waals surface area contributed by atoms with E-state index in [-0.39, 0.29) is 18.0 Å². The number of nitrogens with one attached hydrogen (secondary N) is 1. The molecule has 0 fully saturated rings. The fraction of sp³-hybridized carbons (Fsp3) is 0.154. The summed E-state index contributed by atoms with van der Waals surface area (Å²) >= 11 is 0. The van der Waals surface area contributed by atoms with Crippen molar-refractivity contribution in [2.24, 2.45) is 5.84 Å². The standard InChI is InChI=1S/C13H13FN2O3/c1-8-2-3-9(6-11(8)14)19-7-12-10(4-5-18-12)13(17)16-15/h2-6H,7,15H2,1H3,(H,16,17). The van der Waals surface area contributed by atoms with Gasteiger partial charge in [0.25, 0.3) is 5.91 Å². The molecular formula is C13H13FN2O3. The Labute approximate surface area is 109 Å². The number of nitrogen functional groups attached to an aromatic ring is 1. The Balaban J connectivity index is 2.08. The Kier molecular flexibility index (Phi) is 3.82. The second-order valence-electron chi connectivity index (χ2n) is 3.93. The maximum atomic E-state index is 13.3. The van der Waals surface area contributed by atoms with Crippen molar-refractivity contribution in [2.45, 2.75) is 13.5 Å². The fourth-order valence-electron chi connectivity index (χ4n) is 1.54. The van der Waals surface area contributed by atoms with Crippen molar-refractivity contribution < 1.29 is 18.3 Å². The van der Waals surface area contributed by atoms with Gasteiger partial charge in [0.05, 0.1) is 11.8 Å². The van der Waals surface area contributed by atoms with Crippen LogP contribution in [0.15, 0.2) is 34.9 Å². The van der Waals surface area contributed by atoms with E-state index < -0.39 is 5.91 Å². The number of halogens is 1. The van der Waals surface area contributed by atoms with Gasteiger partial charge in [0.15, 0.2) is 5.76 Å². The van der Waals surface area contributed by atoms with Crippen LogP contribution in [-0.2, 0) is 6.61 Å². The lowest BCUT2D eigenvalue weighted by molar-refractivity contribution is 0.0949. The molecular weight excluding hydrogens is 251 g/mol. The van der Waals surface area contributed by atoms with Crippen molar-refractivity contribution in [2.75, 3.05) is 0 Å². The first kappa shape index (κ1) is 13.1. The molecule has 100 valence electrons. The number of amides is 1.